The number of hydrogen-bond donors (Lipinski definition) is 0. The number of hydrogen-bond acceptors (Lipinski definition) is 2. The number of nitrogens with zero attached hydrogens (tertiary/aromatic N) is 2. The summed E-state index contributed by atoms with van der Waals surface area (Å²) >= 11 is 6.19. The van der Waals surface area contributed by atoms with Gasteiger partial charge >= 0.3 is 0 Å². The van der Waals surface area contributed by atoms with Crippen molar-refractivity contribution in [2.75, 3.05) is 18.5 Å². The average Bonchev–Trinajstić information content (AvgIpc) is 2.59. The normalized spacial score (nSPS) is 14.5. The maximum Gasteiger partial charge on any atom is 0.248 e. The molecule has 3 rings (SSSR count). The Hall–Kier alpha value is -2.13. The molecule has 0 radical (unpaired) electrons. The van der Waals surface area contributed by atoms with Crippen LogP contribution in [0.3, 0.4) is 0 Å². The van der Waals surface area contributed by atoms with E-state index in [1.807, 2.05) is 18.2 Å². The van der Waals surface area contributed by atoms with Crippen LogP contribution in [0.1, 0.15) is 22.3 Å². The van der Waals surface area contributed by atoms with E-state index in [1.165, 1.54) is 0 Å². The number of aliphatic imine (C=N–C) groups is 1. The molecule has 0 fully saturated rings. The maximum atomic E-state index is 12.2. The fourth-order valence-corrected chi connectivity index (χ4v) is 3.04. The van der Waals surface area contributed by atoms with E-state index in [4.69, 9.17) is 11.6 Å². The van der Waals surface area contributed by atoms with E-state index in [1.54, 1.807) is 18.0 Å². The smallest absolute Gasteiger partial charge is 0.248 e. The SMILES string of the molecule is Cc1cccc(C)c1C1=NCC(=O)N(C)c2ccc(Cl)cc21. The number of amides is 1. The van der Waals surface area contributed by atoms with Crippen molar-refractivity contribution in [3.8, 4) is 0 Å². The van der Waals surface area contributed by atoms with Gasteiger partial charge in [0.1, 0.15) is 6.54 Å². The Morgan fingerprint density at radius 3 is 2.50 bits per heavy atom. The van der Waals surface area contributed by atoms with Crippen LogP contribution in [-0.2, 0) is 4.79 Å². The number of rotatable bonds is 1. The summed E-state index contributed by atoms with van der Waals surface area (Å²) in [5.74, 6) is -0.0233. The summed E-state index contributed by atoms with van der Waals surface area (Å²) in [6, 6.07) is 11.7. The zero-order valence-electron chi connectivity index (χ0n) is 12.9. The highest BCUT2D eigenvalue weighted by Crippen LogP contribution is 2.30. The molecule has 22 heavy (non-hydrogen) atoms. The van der Waals surface area contributed by atoms with Gasteiger partial charge in [0.15, 0.2) is 0 Å². The second-order valence-electron chi connectivity index (χ2n) is 5.55. The van der Waals surface area contributed by atoms with Crippen LogP contribution in [0, 0.1) is 13.8 Å². The van der Waals surface area contributed by atoms with Crippen molar-refractivity contribution in [2.24, 2.45) is 4.99 Å². The van der Waals surface area contributed by atoms with Gasteiger partial charge < -0.3 is 4.90 Å². The average molecular weight is 313 g/mol. The van der Waals surface area contributed by atoms with Crippen LogP contribution in [0.4, 0.5) is 5.69 Å². The molecule has 1 aliphatic rings. The van der Waals surface area contributed by atoms with Crippen LogP contribution in [0.25, 0.3) is 0 Å². The Bertz CT molecular complexity index is 775. The highest BCUT2D eigenvalue weighted by Gasteiger charge is 2.24. The van der Waals surface area contributed by atoms with Crippen molar-refractivity contribution in [3.63, 3.8) is 0 Å². The van der Waals surface area contributed by atoms with Gasteiger partial charge in [0, 0.05) is 23.2 Å². The second-order valence-corrected chi connectivity index (χ2v) is 5.98. The summed E-state index contributed by atoms with van der Waals surface area (Å²) in [5, 5.41) is 0.639. The molecule has 0 aliphatic carbocycles. The molecule has 2 aromatic carbocycles. The van der Waals surface area contributed by atoms with E-state index in [0.717, 1.165) is 33.7 Å². The van der Waals surface area contributed by atoms with Crippen molar-refractivity contribution in [2.45, 2.75) is 13.8 Å². The summed E-state index contributed by atoms with van der Waals surface area (Å²) in [6.45, 7) is 4.27. The maximum absolute atomic E-state index is 12.2. The Balaban J connectivity index is 2.30. The molecule has 0 unspecified atom stereocenters. The molecule has 0 saturated carbocycles. The highest BCUT2D eigenvalue weighted by atomic mass is 35.5. The molecular formula is C18H17ClN2O. The summed E-state index contributed by atoms with van der Waals surface area (Å²) in [7, 11) is 1.78. The van der Waals surface area contributed by atoms with E-state index in [-0.39, 0.29) is 12.5 Å². The highest BCUT2D eigenvalue weighted by molar-refractivity contribution is 6.32. The molecule has 0 aromatic heterocycles. The molecule has 0 bridgehead atoms. The van der Waals surface area contributed by atoms with Crippen molar-refractivity contribution in [1.29, 1.82) is 0 Å². The Morgan fingerprint density at radius 2 is 1.82 bits per heavy atom. The van der Waals surface area contributed by atoms with Crippen molar-refractivity contribution < 1.29 is 4.79 Å². The second kappa shape index (κ2) is 5.58. The van der Waals surface area contributed by atoms with Crippen molar-refractivity contribution in [1.82, 2.24) is 0 Å². The molecule has 1 aliphatic heterocycles. The monoisotopic (exact) mass is 312 g/mol. The zero-order valence-corrected chi connectivity index (χ0v) is 13.6. The van der Waals surface area contributed by atoms with E-state index in [2.05, 4.69) is 31.0 Å². The quantitative estimate of drug-likeness (QED) is 0.789. The van der Waals surface area contributed by atoms with Gasteiger partial charge in [0.2, 0.25) is 5.91 Å². The lowest BCUT2D eigenvalue weighted by Gasteiger charge is -2.19. The molecular weight excluding hydrogens is 296 g/mol. The topological polar surface area (TPSA) is 32.7 Å². The molecule has 112 valence electrons. The summed E-state index contributed by atoms with van der Waals surface area (Å²) < 4.78 is 0. The number of likely N-dealkylation sites (N-methyl/N-ethyl adjacent to an activating group) is 1. The number of benzene rings is 2. The molecule has 2 aromatic rings. The van der Waals surface area contributed by atoms with Crippen LogP contribution in [0.15, 0.2) is 41.4 Å². The number of benzodiazepines with no additional fused rings is 1. The Morgan fingerprint density at radius 1 is 1.14 bits per heavy atom. The van der Waals surface area contributed by atoms with Crippen LogP contribution in [0.5, 0.6) is 0 Å². The predicted molar refractivity (Wildman–Crippen MR) is 91.3 cm³/mol. The van der Waals surface area contributed by atoms with Crippen LogP contribution >= 0.6 is 11.6 Å². The van der Waals surface area contributed by atoms with Crippen LogP contribution < -0.4 is 4.90 Å². The molecule has 0 atom stereocenters. The van der Waals surface area contributed by atoms with E-state index < -0.39 is 0 Å². The number of carbonyl (C=O) groups excluding carboxylic acids is 1. The molecule has 1 amide bonds. The fraction of sp³-hybridized carbons (Fsp3) is 0.222. The third-order valence-electron chi connectivity index (χ3n) is 4.04. The molecule has 0 spiro atoms. The number of anilines is 1. The van der Waals surface area contributed by atoms with E-state index in [9.17, 15) is 4.79 Å². The third-order valence-corrected chi connectivity index (χ3v) is 4.27. The Kier molecular flexibility index (Phi) is 3.75. The van der Waals surface area contributed by atoms with E-state index in [0.29, 0.717) is 5.02 Å². The van der Waals surface area contributed by atoms with E-state index >= 15 is 0 Å². The first kappa shape index (κ1) is 14.8. The zero-order chi connectivity index (χ0) is 15.9. The van der Waals surface area contributed by atoms with Crippen molar-refractivity contribution in [3.05, 3.63) is 63.7 Å². The summed E-state index contributed by atoms with van der Waals surface area (Å²) in [4.78, 5) is 18.4. The lowest BCUT2D eigenvalue weighted by Crippen LogP contribution is -2.27. The summed E-state index contributed by atoms with van der Waals surface area (Å²) in [5.41, 5.74) is 5.94. The standard InChI is InChI=1S/C18H17ClN2O/c1-11-5-4-6-12(2)17(11)18-14-9-13(19)7-8-15(14)21(3)16(22)10-20-18/h4-9H,10H2,1-3H3. The molecule has 0 N–H and O–H groups in total. The van der Waals surface area contributed by atoms with Gasteiger partial charge in [-0.2, -0.15) is 0 Å². The third kappa shape index (κ3) is 2.42. The first-order valence-corrected chi connectivity index (χ1v) is 7.54. The number of carbonyl (C=O) groups is 1. The molecule has 0 saturated heterocycles. The van der Waals surface area contributed by atoms with Gasteiger partial charge in [-0.25, -0.2) is 0 Å². The largest absolute Gasteiger partial charge is 0.313 e. The van der Waals surface area contributed by atoms with Crippen LogP contribution in [-0.4, -0.2) is 25.2 Å². The number of aryl methyl sites for hydroxylation is 2. The number of halogens is 1. The Labute approximate surface area is 135 Å². The minimum atomic E-state index is -0.0233. The van der Waals surface area contributed by atoms with Gasteiger partial charge in [-0.15, -0.1) is 0 Å². The lowest BCUT2D eigenvalue weighted by molar-refractivity contribution is -0.116. The van der Waals surface area contributed by atoms with Gasteiger partial charge in [0.25, 0.3) is 0 Å². The predicted octanol–water partition coefficient (Wildman–Crippen LogP) is 3.77. The lowest BCUT2D eigenvalue weighted by atomic mass is 9.93. The summed E-state index contributed by atoms with van der Waals surface area (Å²) in [6.07, 6.45) is 0. The first-order valence-electron chi connectivity index (χ1n) is 7.16. The van der Waals surface area contributed by atoms with Gasteiger partial charge in [0.05, 0.1) is 11.4 Å². The molecule has 4 heteroatoms. The first-order chi connectivity index (χ1) is 10.5. The minimum absolute atomic E-state index is 0.0233. The fourth-order valence-electron chi connectivity index (χ4n) is 2.86. The number of fused-ring (bicyclic) bond motifs is 1. The van der Waals surface area contributed by atoms with Crippen LogP contribution in [0.2, 0.25) is 5.02 Å². The molecule has 3 nitrogen and oxygen atoms in total. The van der Waals surface area contributed by atoms with Gasteiger partial charge in [-0.1, -0.05) is 29.8 Å². The van der Waals surface area contributed by atoms with Crippen molar-refractivity contribution >= 4 is 28.9 Å². The minimum Gasteiger partial charge on any atom is -0.313 e. The molecule has 1 heterocycles. The van der Waals surface area contributed by atoms with Gasteiger partial charge in [-0.3, -0.25) is 9.79 Å². The van der Waals surface area contributed by atoms with Gasteiger partial charge in [-0.05, 0) is 43.2 Å².